The summed E-state index contributed by atoms with van der Waals surface area (Å²) in [4.78, 5) is 16.0. The van der Waals surface area contributed by atoms with Crippen LogP contribution in [0, 0.1) is 0 Å². The summed E-state index contributed by atoms with van der Waals surface area (Å²) in [5.41, 5.74) is 5.88. The number of nitrogens with two attached hydrogens (primary N) is 1. The van der Waals surface area contributed by atoms with E-state index in [0.717, 1.165) is 12.0 Å². The van der Waals surface area contributed by atoms with Crippen molar-refractivity contribution < 1.29 is 4.79 Å². The van der Waals surface area contributed by atoms with E-state index in [-0.39, 0.29) is 5.91 Å². The molecule has 1 aromatic carbocycles. The van der Waals surface area contributed by atoms with Crippen LogP contribution in [0.2, 0.25) is 0 Å². The highest BCUT2D eigenvalue weighted by Gasteiger charge is 2.07. The predicted molar refractivity (Wildman–Crippen MR) is 79.0 cm³/mol. The Labute approximate surface area is 118 Å². The highest BCUT2D eigenvalue weighted by molar-refractivity contribution is 5.92. The van der Waals surface area contributed by atoms with Crippen LogP contribution in [0.1, 0.15) is 28.5 Å². The minimum absolute atomic E-state index is 0.195. The van der Waals surface area contributed by atoms with Crippen LogP contribution in [0.25, 0.3) is 0 Å². The van der Waals surface area contributed by atoms with Gasteiger partial charge in [0.2, 0.25) is 0 Å². The van der Waals surface area contributed by atoms with Crippen molar-refractivity contribution in [3.05, 3.63) is 59.4 Å². The van der Waals surface area contributed by atoms with Gasteiger partial charge in [0.15, 0.2) is 0 Å². The molecule has 0 aliphatic heterocycles. The molecule has 5 nitrogen and oxygen atoms in total. The molecule has 0 fully saturated rings. The fraction of sp³-hybridized carbons (Fsp3) is 0.200. The Morgan fingerprint density at radius 2 is 1.95 bits per heavy atom. The molecule has 0 spiro atoms. The number of benzene rings is 1. The molecule has 4 N–H and O–H groups in total. The van der Waals surface area contributed by atoms with Gasteiger partial charge in [-0.15, -0.1) is 0 Å². The largest absolute Gasteiger partial charge is 0.347 e. The van der Waals surface area contributed by atoms with Gasteiger partial charge in [0, 0.05) is 6.54 Å². The van der Waals surface area contributed by atoms with E-state index in [4.69, 9.17) is 5.84 Å². The molecule has 0 aliphatic carbocycles. The number of nitrogens with zero attached hydrogens (tertiary/aromatic N) is 1. The molecule has 104 valence electrons. The Hall–Kier alpha value is -2.40. The molecular weight excluding hydrogens is 252 g/mol. The van der Waals surface area contributed by atoms with Crippen LogP contribution in [0.4, 0.5) is 5.69 Å². The van der Waals surface area contributed by atoms with Crippen LogP contribution >= 0.6 is 0 Å². The maximum Gasteiger partial charge on any atom is 0.270 e. The number of hydrogen-bond acceptors (Lipinski definition) is 4. The van der Waals surface area contributed by atoms with E-state index in [1.807, 2.05) is 18.2 Å². The second kappa shape index (κ2) is 6.68. The van der Waals surface area contributed by atoms with Gasteiger partial charge < -0.3 is 10.7 Å². The number of anilines is 1. The zero-order chi connectivity index (χ0) is 14.4. The molecule has 1 heterocycles. The lowest BCUT2D eigenvalue weighted by molar-refractivity contribution is 0.0946. The van der Waals surface area contributed by atoms with Gasteiger partial charge in [-0.2, -0.15) is 0 Å². The van der Waals surface area contributed by atoms with Crippen LogP contribution in [-0.2, 0) is 13.0 Å². The number of amides is 1. The number of rotatable bonds is 5. The molecule has 2 aromatic rings. The van der Waals surface area contributed by atoms with Crippen LogP contribution in [-0.4, -0.2) is 10.9 Å². The van der Waals surface area contributed by atoms with Gasteiger partial charge in [0.1, 0.15) is 5.69 Å². The predicted octanol–water partition coefficient (Wildman–Crippen LogP) is 1.86. The molecule has 2 rings (SSSR count). The first-order chi connectivity index (χ1) is 9.74. The molecule has 0 saturated carbocycles. The van der Waals surface area contributed by atoms with Crippen molar-refractivity contribution in [2.24, 2.45) is 5.84 Å². The van der Waals surface area contributed by atoms with Crippen molar-refractivity contribution in [2.75, 3.05) is 5.43 Å². The number of carbonyl (C=O) groups is 1. The van der Waals surface area contributed by atoms with Crippen molar-refractivity contribution >= 4 is 11.6 Å². The standard InChI is InChI=1S/C15H18N4O/c1-2-11-5-3-4-6-12(11)9-18-15(20)14-8-7-13(19-16)10-17-14/h3-8,10,19H,2,9,16H2,1H3,(H,18,20). The zero-order valence-electron chi connectivity index (χ0n) is 11.4. The van der Waals surface area contributed by atoms with Crippen molar-refractivity contribution in [2.45, 2.75) is 19.9 Å². The quantitative estimate of drug-likeness (QED) is 0.572. The van der Waals surface area contributed by atoms with E-state index < -0.39 is 0 Å². The Bertz CT molecular complexity index is 581. The van der Waals surface area contributed by atoms with Gasteiger partial charge in [-0.05, 0) is 29.7 Å². The molecule has 0 saturated heterocycles. The van der Waals surface area contributed by atoms with Gasteiger partial charge in [-0.3, -0.25) is 10.6 Å². The van der Waals surface area contributed by atoms with E-state index >= 15 is 0 Å². The Morgan fingerprint density at radius 3 is 2.55 bits per heavy atom. The summed E-state index contributed by atoms with van der Waals surface area (Å²) in [6, 6.07) is 11.4. The number of aromatic nitrogens is 1. The molecule has 0 aliphatic rings. The molecule has 5 heteroatoms. The minimum atomic E-state index is -0.195. The van der Waals surface area contributed by atoms with Crippen LogP contribution in [0.5, 0.6) is 0 Å². The van der Waals surface area contributed by atoms with Gasteiger partial charge in [0.05, 0.1) is 11.9 Å². The van der Waals surface area contributed by atoms with Crippen molar-refractivity contribution in [3.8, 4) is 0 Å². The normalized spacial score (nSPS) is 10.1. The summed E-state index contributed by atoms with van der Waals surface area (Å²) in [6.07, 6.45) is 2.47. The Balaban J connectivity index is 2.01. The summed E-state index contributed by atoms with van der Waals surface area (Å²) in [6.45, 7) is 2.60. The lowest BCUT2D eigenvalue weighted by Crippen LogP contribution is -2.24. The SMILES string of the molecule is CCc1ccccc1CNC(=O)c1ccc(NN)cn1. The third-order valence-electron chi connectivity index (χ3n) is 3.10. The summed E-state index contributed by atoms with van der Waals surface area (Å²) >= 11 is 0. The number of carbonyl (C=O) groups excluding carboxylic acids is 1. The van der Waals surface area contributed by atoms with Gasteiger partial charge >= 0.3 is 0 Å². The topological polar surface area (TPSA) is 80.0 Å². The molecule has 1 amide bonds. The average Bonchev–Trinajstić information content (AvgIpc) is 2.53. The summed E-state index contributed by atoms with van der Waals surface area (Å²) in [5, 5.41) is 2.87. The van der Waals surface area contributed by atoms with Crippen LogP contribution < -0.4 is 16.6 Å². The summed E-state index contributed by atoms with van der Waals surface area (Å²) in [7, 11) is 0. The maximum absolute atomic E-state index is 12.0. The van der Waals surface area contributed by atoms with Gasteiger partial charge in [-0.1, -0.05) is 31.2 Å². The van der Waals surface area contributed by atoms with Crippen molar-refractivity contribution in [3.63, 3.8) is 0 Å². The van der Waals surface area contributed by atoms with E-state index in [2.05, 4.69) is 28.7 Å². The first-order valence-corrected chi connectivity index (χ1v) is 6.52. The van der Waals surface area contributed by atoms with Crippen LogP contribution in [0.3, 0.4) is 0 Å². The minimum Gasteiger partial charge on any atom is -0.347 e. The first-order valence-electron chi connectivity index (χ1n) is 6.52. The third kappa shape index (κ3) is 3.33. The van der Waals surface area contributed by atoms with E-state index in [0.29, 0.717) is 17.9 Å². The van der Waals surface area contributed by atoms with Crippen LogP contribution in [0.15, 0.2) is 42.6 Å². The van der Waals surface area contributed by atoms with Gasteiger partial charge in [-0.25, -0.2) is 4.98 Å². The van der Waals surface area contributed by atoms with Crippen molar-refractivity contribution in [1.82, 2.24) is 10.3 Å². The highest BCUT2D eigenvalue weighted by atomic mass is 16.1. The second-order valence-corrected chi connectivity index (χ2v) is 4.38. The first kappa shape index (κ1) is 14.0. The highest BCUT2D eigenvalue weighted by Crippen LogP contribution is 2.09. The summed E-state index contributed by atoms with van der Waals surface area (Å²) in [5.74, 6) is 5.06. The number of nitrogen functional groups attached to an aromatic ring is 1. The molecule has 0 radical (unpaired) electrons. The molecule has 0 unspecified atom stereocenters. The molecule has 0 bridgehead atoms. The fourth-order valence-electron chi connectivity index (χ4n) is 1.95. The fourth-order valence-corrected chi connectivity index (χ4v) is 1.95. The van der Waals surface area contributed by atoms with Crippen molar-refractivity contribution in [1.29, 1.82) is 0 Å². The Morgan fingerprint density at radius 1 is 1.20 bits per heavy atom. The second-order valence-electron chi connectivity index (χ2n) is 4.38. The number of nitrogens with one attached hydrogen (secondary N) is 2. The van der Waals surface area contributed by atoms with Gasteiger partial charge in [0.25, 0.3) is 5.91 Å². The lowest BCUT2D eigenvalue weighted by Gasteiger charge is -2.09. The molecule has 1 aromatic heterocycles. The molecular formula is C15H18N4O. The Kier molecular flexibility index (Phi) is 4.68. The molecule has 20 heavy (non-hydrogen) atoms. The number of hydrogen-bond donors (Lipinski definition) is 3. The smallest absolute Gasteiger partial charge is 0.270 e. The number of hydrazine groups is 1. The summed E-state index contributed by atoms with van der Waals surface area (Å²) < 4.78 is 0. The average molecular weight is 270 g/mol. The molecule has 0 atom stereocenters. The monoisotopic (exact) mass is 270 g/mol. The van der Waals surface area contributed by atoms with E-state index in [1.165, 1.54) is 11.8 Å². The number of aryl methyl sites for hydroxylation is 1. The maximum atomic E-state index is 12.0. The third-order valence-corrected chi connectivity index (χ3v) is 3.10. The lowest BCUT2D eigenvalue weighted by atomic mass is 10.1. The van der Waals surface area contributed by atoms with E-state index in [9.17, 15) is 4.79 Å². The number of pyridine rings is 1. The zero-order valence-corrected chi connectivity index (χ0v) is 11.4. The van der Waals surface area contributed by atoms with E-state index in [1.54, 1.807) is 12.1 Å².